The van der Waals surface area contributed by atoms with E-state index in [2.05, 4.69) is 15.3 Å². The van der Waals surface area contributed by atoms with Crippen LogP contribution < -0.4 is 5.32 Å². The minimum absolute atomic E-state index is 0.0828. The first-order valence-electron chi connectivity index (χ1n) is 6.75. The molecule has 0 saturated heterocycles. The molecule has 0 aliphatic rings. The van der Waals surface area contributed by atoms with Crippen molar-refractivity contribution in [2.24, 2.45) is 0 Å². The van der Waals surface area contributed by atoms with E-state index in [9.17, 15) is 4.79 Å². The standard InChI is InChI=1S/C16H12ClN3OS2/c17-12-1-3-13(4-2-12)22-10-15(21)20-16-19-14(9-23-16)11-5-7-18-8-6-11/h1-9H,10H2,(H,19,20,21). The lowest BCUT2D eigenvalue weighted by molar-refractivity contribution is -0.113. The van der Waals surface area contributed by atoms with Crippen molar-refractivity contribution in [1.29, 1.82) is 0 Å². The number of nitrogens with zero attached hydrogens (tertiary/aromatic N) is 2. The molecule has 2 aromatic heterocycles. The predicted octanol–water partition coefficient (Wildman–Crippen LogP) is 4.59. The van der Waals surface area contributed by atoms with E-state index in [1.807, 2.05) is 41.8 Å². The summed E-state index contributed by atoms with van der Waals surface area (Å²) in [5, 5.41) is 6.01. The molecule has 0 saturated carbocycles. The molecule has 0 spiro atoms. The monoisotopic (exact) mass is 361 g/mol. The van der Waals surface area contributed by atoms with E-state index in [1.54, 1.807) is 12.4 Å². The van der Waals surface area contributed by atoms with Gasteiger partial charge in [0.2, 0.25) is 5.91 Å². The fraction of sp³-hybridized carbons (Fsp3) is 0.0625. The largest absolute Gasteiger partial charge is 0.301 e. The number of nitrogens with one attached hydrogen (secondary N) is 1. The zero-order valence-electron chi connectivity index (χ0n) is 11.9. The summed E-state index contributed by atoms with van der Waals surface area (Å²) >= 11 is 8.70. The van der Waals surface area contributed by atoms with Gasteiger partial charge < -0.3 is 5.32 Å². The number of anilines is 1. The SMILES string of the molecule is O=C(CSc1ccc(Cl)cc1)Nc1nc(-c2ccncc2)cs1. The van der Waals surface area contributed by atoms with Crippen molar-refractivity contribution < 1.29 is 4.79 Å². The summed E-state index contributed by atoms with van der Waals surface area (Å²) in [5.41, 5.74) is 1.81. The van der Waals surface area contributed by atoms with Gasteiger partial charge in [-0.3, -0.25) is 9.78 Å². The van der Waals surface area contributed by atoms with Gasteiger partial charge >= 0.3 is 0 Å². The van der Waals surface area contributed by atoms with Crippen molar-refractivity contribution in [2.45, 2.75) is 4.90 Å². The number of benzene rings is 1. The quantitative estimate of drug-likeness (QED) is 0.675. The van der Waals surface area contributed by atoms with E-state index >= 15 is 0 Å². The van der Waals surface area contributed by atoms with Crippen LogP contribution in [0.3, 0.4) is 0 Å². The van der Waals surface area contributed by atoms with Crippen LogP contribution in [-0.4, -0.2) is 21.6 Å². The summed E-state index contributed by atoms with van der Waals surface area (Å²) in [5.74, 6) is 0.242. The van der Waals surface area contributed by atoms with Crippen LogP contribution in [0.25, 0.3) is 11.3 Å². The molecule has 3 rings (SSSR count). The summed E-state index contributed by atoms with van der Waals surface area (Å²) in [6, 6.07) is 11.2. The van der Waals surface area contributed by atoms with Gasteiger partial charge in [0.15, 0.2) is 5.13 Å². The van der Waals surface area contributed by atoms with Crippen LogP contribution in [-0.2, 0) is 4.79 Å². The van der Waals surface area contributed by atoms with Crippen LogP contribution >= 0.6 is 34.7 Å². The molecule has 0 fully saturated rings. The number of halogens is 1. The van der Waals surface area contributed by atoms with Crippen molar-refractivity contribution in [3.63, 3.8) is 0 Å². The first kappa shape index (κ1) is 16.0. The number of pyridine rings is 1. The smallest absolute Gasteiger partial charge is 0.236 e. The molecule has 0 radical (unpaired) electrons. The van der Waals surface area contributed by atoms with Gasteiger partial charge in [-0.05, 0) is 36.4 Å². The maximum absolute atomic E-state index is 12.0. The fourth-order valence-electron chi connectivity index (χ4n) is 1.82. The summed E-state index contributed by atoms with van der Waals surface area (Å²) < 4.78 is 0. The van der Waals surface area contributed by atoms with E-state index in [0.29, 0.717) is 15.9 Å². The van der Waals surface area contributed by atoms with Crippen LogP contribution in [0, 0.1) is 0 Å². The molecule has 1 amide bonds. The molecule has 1 N–H and O–H groups in total. The van der Waals surface area contributed by atoms with Gasteiger partial charge in [0.25, 0.3) is 0 Å². The van der Waals surface area contributed by atoms with Gasteiger partial charge in [-0.1, -0.05) is 11.6 Å². The molecule has 23 heavy (non-hydrogen) atoms. The number of thiazole rings is 1. The highest BCUT2D eigenvalue weighted by atomic mass is 35.5. The van der Waals surface area contributed by atoms with Crippen molar-refractivity contribution in [3.05, 3.63) is 59.2 Å². The zero-order chi connectivity index (χ0) is 16.1. The average molecular weight is 362 g/mol. The molecule has 0 bridgehead atoms. The summed E-state index contributed by atoms with van der Waals surface area (Å²) in [6.07, 6.45) is 3.44. The topological polar surface area (TPSA) is 54.9 Å². The Morgan fingerprint density at radius 1 is 1.17 bits per heavy atom. The molecule has 3 aromatic rings. The van der Waals surface area contributed by atoms with Crippen LogP contribution in [0.5, 0.6) is 0 Å². The van der Waals surface area contributed by atoms with E-state index in [4.69, 9.17) is 11.6 Å². The third kappa shape index (κ3) is 4.54. The van der Waals surface area contributed by atoms with E-state index in [0.717, 1.165) is 16.2 Å². The summed E-state index contributed by atoms with van der Waals surface area (Å²) in [7, 11) is 0. The average Bonchev–Trinajstić information content (AvgIpc) is 3.04. The highest BCUT2D eigenvalue weighted by Gasteiger charge is 2.08. The highest BCUT2D eigenvalue weighted by molar-refractivity contribution is 8.00. The Morgan fingerprint density at radius 3 is 2.65 bits per heavy atom. The maximum Gasteiger partial charge on any atom is 0.236 e. The second-order valence-electron chi connectivity index (χ2n) is 4.56. The first-order chi connectivity index (χ1) is 11.2. The van der Waals surface area contributed by atoms with Gasteiger partial charge in [0, 0.05) is 33.3 Å². The van der Waals surface area contributed by atoms with Crippen molar-refractivity contribution in [2.75, 3.05) is 11.1 Å². The number of amides is 1. The Hall–Kier alpha value is -1.89. The minimum Gasteiger partial charge on any atom is -0.301 e. The van der Waals surface area contributed by atoms with Gasteiger partial charge in [-0.15, -0.1) is 23.1 Å². The molecule has 116 valence electrons. The molecule has 0 aliphatic carbocycles. The number of hydrogen-bond acceptors (Lipinski definition) is 5. The van der Waals surface area contributed by atoms with Gasteiger partial charge in [-0.2, -0.15) is 0 Å². The Morgan fingerprint density at radius 2 is 1.91 bits per heavy atom. The molecular formula is C16H12ClN3OS2. The Bertz CT molecular complexity index is 791. The number of aromatic nitrogens is 2. The molecule has 0 atom stereocenters. The van der Waals surface area contributed by atoms with Gasteiger partial charge in [-0.25, -0.2) is 4.98 Å². The second-order valence-corrected chi connectivity index (χ2v) is 6.91. The van der Waals surface area contributed by atoms with E-state index in [1.165, 1.54) is 23.1 Å². The Balaban J connectivity index is 1.56. The number of rotatable bonds is 5. The van der Waals surface area contributed by atoms with Crippen molar-refractivity contribution in [3.8, 4) is 11.3 Å². The maximum atomic E-state index is 12.0. The number of hydrogen-bond donors (Lipinski definition) is 1. The van der Waals surface area contributed by atoms with Crippen LogP contribution in [0.1, 0.15) is 0 Å². The lowest BCUT2D eigenvalue weighted by Gasteiger charge is -2.02. The van der Waals surface area contributed by atoms with Crippen molar-refractivity contribution >= 4 is 45.7 Å². The fourth-order valence-corrected chi connectivity index (χ4v) is 3.38. The molecule has 2 heterocycles. The molecule has 1 aromatic carbocycles. The van der Waals surface area contributed by atoms with Gasteiger partial charge in [0.05, 0.1) is 11.4 Å². The van der Waals surface area contributed by atoms with E-state index < -0.39 is 0 Å². The number of carbonyl (C=O) groups excluding carboxylic acids is 1. The minimum atomic E-state index is -0.0828. The first-order valence-corrected chi connectivity index (χ1v) is 8.99. The van der Waals surface area contributed by atoms with Crippen LogP contribution in [0.2, 0.25) is 5.02 Å². The van der Waals surface area contributed by atoms with E-state index in [-0.39, 0.29) is 5.91 Å². The predicted molar refractivity (Wildman–Crippen MR) is 96.2 cm³/mol. The Labute approximate surface area is 146 Å². The lowest BCUT2D eigenvalue weighted by atomic mass is 10.2. The second kappa shape index (κ2) is 7.59. The molecule has 0 unspecified atom stereocenters. The molecule has 4 nitrogen and oxygen atoms in total. The third-order valence-corrected chi connectivity index (χ3v) is 4.93. The van der Waals surface area contributed by atoms with Crippen LogP contribution in [0.15, 0.2) is 59.1 Å². The lowest BCUT2D eigenvalue weighted by Crippen LogP contribution is -2.13. The number of thioether (sulfide) groups is 1. The highest BCUT2D eigenvalue weighted by Crippen LogP contribution is 2.25. The third-order valence-electron chi connectivity index (χ3n) is 2.91. The number of carbonyl (C=O) groups is 1. The zero-order valence-corrected chi connectivity index (χ0v) is 14.3. The molecule has 0 aliphatic heterocycles. The molecule has 7 heteroatoms. The molecular weight excluding hydrogens is 350 g/mol. The summed E-state index contributed by atoms with van der Waals surface area (Å²) in [6.45, 7) is 0. The van der Waals surface area contributed by atoms with Crippen LogP contribution in [0.4, 0.5) is 5.13 Å². The van der Waals surface area contributed by atoms with Crippen molar-refractivity contribution in [1.82, 2.24) is 9.97 Å². The Kier molecular flexibility index (Phi) is 5.27. The van der Waals surface area contributed by atoms with Gasteiger partial charge in [0.1, 0.15) is 0 Å². The normalized spacial score (nSPS) is 10.5. The summed E-state index contributed by atoms with van der Waals surface area (Å²) in [4.78, 5) is 21.4.